The Balaban J connectivity index is 1.65. The van der Waals surface area contributed by atoms with Crippen molar-refractivity contribution in [3.63, 3.8) is 0 Å². The Kier molecular flexibility index (Phi) is 4.81. The van der Waals surface area contributed by atoms with Gasteiger partial charge in [0.1, 0.15) is 46.3 Å². The Morgan fingerprint density at radius 2 is 2.00 bits per heavy atom. The first-order chi connectivity index (χ1) is 16.9. The van der Waals surface area contributed by atoms with E-state index in [0.29, 0.717) is 24.4 Å². The molecule has 1 saturated heterocycles. The molecule has 10 nitrogen and oxygen atoms in total. The van der Waals surface area contributed by atoms with Gasteiger partial charge in [-0.05, 0) is 57.6 Å². The normalized spacial score (nSPS) is 21.8. The molecule has 11 heteroatoms. The molecule has 0 N–H and O–H groups in total. The number of fused-ring (bicyclic) bond motifs is 3. The van der Waals surface area contributed by atoms with Crippen molar-refractivity contribution in [2.75, 3.05) is 13.7 Å². The minimum Gasteiger partial charge on any atom is -0.368 e. The van der Waals surface area contributed by atoms with Gasteiger partial charge in [0.2, 0.25) is 5.82 Å². The lowest BCUT2D eigenvalue weighted by atomic mass is 10.0. The monoisotopic (exact) mass is 478 g/mol. The van der Waals surface area contributed by atoms with Crippen molar-refractivity contribution < 1.29 is 18.4 Å². The third kappa shape index (κ3) is 3.00. The van der Waals surface area contributed by atoms with E-state index in [1.165, 1.54) is 23.0 Å². The topological polar surface area (TPSA) is 120 Å². The van der Waals surface area contributed by atoms with Crippen LogP contribution in [0.5, 0.6) is 0 Å². The molecule has 1 unspecified atom stereocenters. The van der Waals surface area contributed by atoms with Gasteiger partial charge < -0.3 is 14.0 Å². The van der Waals surface area contributed by atoms with Gasteiger partial charge in [0.15, 0.2) is 0 Å². The third-order valence-corrected chi connectivity index (χ3v) is 7.37. The molecule has 2 aliphatic rings. The molecule has 1 saturated carbocycles. The number of aromatic nitrogens is 5. The lowest BCUT2D eigenvalue weighted by molar-refractivity contribution is -0.0448. The van der Waals surface area contributed by atoms with Crippen molar-refractivity contribution in [1.82, 2.24) is 24.1 Å². The summed E-state index contributed by atoms with van der Waals surface area (Å²) in [6.45, 7) is 2.22. The number of imidazole rings is 1. The van der Waals surface area contributed by atoms with Crippen LogP contribution >= 0.6 is 0 Å². The van der Waals surface area contributed by atoms with Crippen LogP contribution in [-0.2, 0) is 20.8 Å². The molecule has 1 aromatic carbocycles. The molecule has 35 heavy (non-hydrogen) atoms. The van der Waals surface area contributed by atoms with Gasteiger partial charge in [-0.1, -0.05) is 5.16 Å². The van der Waals surface area contributed by atoms with Gasteiger partial charge in [-0.2, -0.15) is 10.2 Å². The molecule has 0 amide bonds. The number of hydrogen-bond acceptors (Lipinski definition) is 8. The molecular formula is C24H23FN6O4. The highest BCUT2D eigenvalue weighted by Gasteiger charge is 2.42. The molecule has 180 valence electrons. The number of ether oxygens (including phenoxy) is 2. The molecule has 4 aromatic rings. The average Bonchev–Trinajstić information content (AvgIpc) is 3.65. The molecule has 1 aliphatic carbocycles. The van der Waals surface area contributed by atoms with Crippen molar-refractivity contribution in [3.05, 3.63) is 46.1 Å². The molecular weight excluding hydrogens is 455 g/mol. The summed E-state index contributed by atoms with van der Waals surface area (Å²) >= 11 is 0. The van der Waals surface area contributed by atoms with Crippen LogP contribution < -0.4 is 5.56 Å². The molecule has 2 fully saturated rings. The summed E-state index contributed by atoms with van der Waals surface area (Å²) < 4.78 is 34.9. The van der Waals surface area contributed by atoms with Gasteiger partial charge >= 0.3 is 0 Å². The van der Waals surface area contributed by atoms with E-state index in [4.69, 9.17) is 14.0 Å². The molecule has 0 spiro atoms. The van der Waals surface area contributed by atoms with E-state index in [2.05, 4.69) is 15.1 Å². The minimum atomic E-state index is -1.05. The number of nitrogens with zero attached hydrogens (tertiary/aromatic N) is 6. The molecule has 3 aromatic heterocycles. The highest BCUT2D eigenvalue weighted by Crippen LogP contribution is 2.41. The summed E-state index contributed by atoms with van der Waals surface area (Å²) in [5.74, 6) is -0.192. The van der Waals surface area contributed by atoms with Crippen molar-refractivity contribution in [3.8, 4) is 17.6 Å². The van der Waals surface area contributed by atoms with Gasteiger partial charge in [0.25, 0.3) is 11.4 Å². The first-order valence-corrected chi connectivity index (χ1v) is 11.6. The van der Waals surface area contributed by atoms with Crippen molar-refractivity contribution in [1.29, 1.82) is 5.26 Å². The Morgan fingerprint density at radius 1 is 1.20 bits per heavy atom. The second-order valence-corrected chi connectivity index (χ2v) is 9.31. The number of methoxy groups -OCH3 is 1. The van der Waals surface area contributed by atoms with Crippen LogP contribution in [0.25, 0.3) is 28.1 Å². The predicted octanol–water partition coefficient (Wildman–Crippen LogP) is 3.61. The number of benzene rings is 1. The van der Waals surface area contributed by atoms with Gasteiger partial charge in [-0.25, -0.2) is 9.37 Å². The lowest BCUT2D eigenvalue weighted by Gasteiger charge is -2.28. The van der Waals surface area contributed by atoms with Gasteiger partial charge in [0.05, 0.1) is 11.0 Å². The SMILES string of the molecule is COC1(c2nc(-c3ncn4c3c(=O)n(C3(C)CCCO3)c3c(C#N)c(F)ccc34)no2)CCCC1. The first-order valence-electron chi connectivity index (χ1n) is 11.6. The van der Waals surface area contributed by atoms with Crippen LogP contribution in [0, 0.1) is 17.1 Å². The Hall–Kier alpha value is -3.62. The van der Waals surface area contributed by atoms with Crippen LogP contribution in [0.4, 0.5) is 4.39 Å². The van der Waals surface area contributed by atoms with Crippen molar-refractivity contribution in [2.24, 2.45) is 0 Å². The summed E-state index contributed by atoms with van der Waals surface area (Å²) in [5.41, 5.74) is -1.37. The number of hydrogen-bond donors (Lipinski definition) is 0. The maximum absolute atomic E-state index is 14.7. The average molecular weight is 478 g/mol. The van der Waals surface area contributed by atoms with Crippen LogP contribution in [0.2, 0.25) is 0 Å². The van der Waals surface area contributed by atoms with Crippen LogP contribution in [0.1, 0.15) is 56.9 Å². The highest BCUT2D eigenvalue weighted by molar-refractivity contribution is 5.87. The van der Waals surface area contributed by atoms with Crippen LogP contribution in [0.15, 0.2) is 27.8 Å². The second-order valence-electron chi connectivity index (χ2n) is 9.31. The Labute approximate surface area is 198 Å². The smallest absolute Gasteiger partial charge is 0.280 e. The first kappa shape index (κ1) is 21.9. The van der Waals surface area contributed by atoms with E-state index < -0.39 is 22.7 Å². The Bertz CT molecular complexity index is 1570. The van der Waals surface area contributed by atoms with Crippen LogP contribution in [-0.4, -0.2) is 37.8 Å². The van der Waals surface area contributed by atoms with Gasteiger partial charge in [0, 0.05) is 13.7 Å². The van der Waals surface area contributed by atoms with Gasteiger partial charge in [-0.15, -0.1) is 0 Å². The highest BCUT2D eigenvalue weighted by atomic mass is 19.1. The van der Waals surface area contributed by atoms with E-state index in [0.717, 1.165) is 32.1 Å². The summed E-state index contributed by atoms with van der Waals surface area (Å²) in [6.07, 6.45) is 6.23. The van der Waals surface area contributed by atoms with Gasteiger partial charge in [-0.3, -0.25) is 13.8 Å². The van der Waals surface area contributed by atoms with Crippen molar-refractivity contribution in [2.45, 2.75) is 56.8 Å². The molecule has 1 aliphatic heterocycles. The van der Waals surface area contributed by atoms with E-state index in [9.17, 15) is 14.4 Å². The standard InChI is InChI=1S/C24H23FN6O4/c1-23(8-5-11-34-23)31-18-14(12-26)15(25)6-7-16(18)30-13-27-17(19(30)21(31)32)20-28-22(35-29-20)24(33-2)9-3-4-10-24/h6-7,13H,3-5,8-11H2,1-2H3. The zero-order valence-corrected chi connectivity index (χ0v) is 19.4. The number of halogens is 1. The Morgan fingerprint density at radius 3 is 2.69 bits per heavy atom. The fourth-order valence-electron chi connectivity index (χ4n) is 5.54. The zero-order chi connectivity index (χ0) is 24.4. The molecule has 0 radical (unpaired) electrons. The van der Waals surface area contributed by atoms with E-state index >= 15 is 0 Å². The predicted molar refractivity (Wildman–Crippen MR) is 121 cm³/mol. The summed E-state index contributed by atoms with van der Waals surface area (Å²) in [5, 5.41) is 13.9. The molecule has 0 bridgehead atoms. The van der Waals surface area contributed by atoms with E-state index in [1.54, 1.807) is 18.4 Å². The summed E-state index contributed by atoms with van der Waals surface area (Å²) in [6, 6.07) is 4.65. The lowest BCUT2D eigenvalue weighted by Crippen LogP contribution is -2.39. The second kappa shape index (κ2) is 7.69. The summed E-state index contributed by atoms with van der Waals surface area (Å²) in [7, 11) is 1.63. The largest absolute Gasteiger partial charge is 0.368 e. The van der Waals surface area contributed by atoms with Crippen molar-refractivity contribution >= 4 is 16.6 Å². The fraction of sp³-hybridized carbons (Fsp3) is 0.458. The van der Waals surface area contributed by atoms with E-state index in [-0.39, 0.29) is 28.1 Å². The summed E-state index contributed by atoms with van der Waals surface area (Å²) in [4.78, 5) is 23.0. The molecule has 4 heterocycles. The van der Waals surface area contributed by atoms with E-state index in [1.807, 2.05) is 6.07 Å². The molecule has 6 rings (SSSR count). The maximum atomic E-state index is 14.7. The maximum Gasteiger partial charge on any atom is 0.280 e. The number of nitriles is 1. The fourth-order valence-corrected chi connectivity index (χ4v) is 5.54. The molecule has 1 atom stereocenters. The van der Waals surface area contributed by atoms with Crippen LogP contribution in [0.3, 0.4) is 0 Å². The quantitative estimate of drug-likeness (QED) is 0.436. The zero-order valence-electron chi connectivity index (χ0n) is 19.4. The minimum absolute atomic E-state index is 0.161. The number of rotatable bonds is 4. The third-order valence-electron chi connectivity index (χ3n) is 7.37.